The largest absolute Gasteiger partial charge is 0.481 e. The zero-order valence-electron chi connectivity index (χ0n) is 12.4. The minimum atomic E-state index is -0.923. The molecule has 0 aromatic rings. The van der Waals surface area contributed by atoms with E-state index in [0.29, 0.717) is 25.7 Å². The zero-order chi connectivity index (χ0) is 15.3. The van der Waals surface area contributed by atoms with Gasteiger partial charge in [0.2, 0.25) is 5.91 Å². The van der Waals surface area contributed by atoms with E-state index in [-0.39, 0.29) is 12.5 Å². The first-order valence-corrected chi connectivity index (χ1v) is 7.90. The van der Waals surface area contributed by atoms with E-state index in [1.165, 1.54) is 0 Å². The van der Waals surface area contributed by atoms with Gasteiger partial charge in [-0.3, -0.25) is 9.59 Å². The lowest BCUT2D eigenvalue weighted by atomic mass is 9.82. The van der Waals surface area contributed by atoms with Crippen molar-refractivity contribution < 1.29 is 19.8 Å². The van der Waals surface area contributed by atoms with Crippen LogP contribution in [0, 0.1) is 11.8 Å². The number of carboxylic acids is 1. The molecule has 0 spiro atoms. The molecule has 2 aliphatic carbocycles. The van der Waals surface area contributed by atoms with E-state index < -0.39 is 23.4 Å². The molecule has 2 aliphatic rings. The summed E-state index contributed by atoms with van der Waals surface area (Å²) in [5.74, 6) is -2.35. The smallest absolute Gasteiger partial charge is 0.307 e. The zero-order valence-corrected chi connectivity index (χ0v) is 12.4. The molecule has 0 aromatic heterocycles. The van der Waals surface area contributed by atoms with Gasteiger partial charge in [-0.25, -0.2) is 0 Å². The molecule has 3 N–H and O–H groups in total. The van der Waals surface area contributed by atoms with Crippen LogP contribution in [0.4, 0.5) is 0 Å². The van der Waals surface area contributed by atoms with Crippen LogP contribution >= 0.6 is 0 Å². The topological polar surface area (TPSA) is 86.6 Å². The summed E-state index contributed by atoms with van der Waals surface area (Å²) in [5.41, 5.74) is -0.824. The number of rotatable bonds is 4. The van der Waals surface area contributed by atoms with E-state index in [2.05, 4.69) is 5.32 Å². The van der Waals surface area contributed by atoms with Gasteiger partial charge in [-0.1, -0.05) is 37.8 Å². The van der Waals surface area contributed by atoms with Crippen molar-refractivity contribution in [2.45, 2.75) is 57.0 Å². The first-order valence-electron chi connectivity index (χ1n) is 7.90. The Morgan fingerprint density at radius 2 is 1.62 bits per heavy atom. The molecule has 118 valence electrons. The Balaban J connectivity index is 1.91. The van der Waals surface area contributed by atoms with Crippen molar-refractivity contribution in [3.63, 3.8) is 0 Å². The van der Waals surface area contributed by atoms with Crippen LogP contribution in [0.2, 0.25) is 0 Å². The summed E-state index contributed by atoms with van der Waals surface area (Å²) in [6.07, 6.45) is 10.2. The summed E-state index contributed by atoms with van der Waals surface area (Å²) in [4.78, 5) is 23.5. The third kappa shape index (κ3) is 4.30. The molecule has 5 heteroatoms. The Morgan fingerprint density at radius 3 is 2.19 bits per heavy atom. The van der Waals surface area contributed by atoms with Crippen LogP contribution in [0.25, 0.3) is 0 Å². The second-order valence-corrected chi connectivity index (χ2v) is 6.35. The molecule has 2 atom stereocenters. The Labute approximate surface area is 125 Å². The molecule has 1 saturated carbocycles. The average molecular weight is 295 g/mol. The van der Waals surface area contributed by atoms with Crippen LogP contribution in [0.15, 0.2) is 12.2 Å². The fourth-order valence-corrected chi connectivity index (χ4v) is 3.32. The molecule has 2 rings (SSSR count). The van der Waals surface area contributed by atoms with E-state index in [1.807, 2.05) is 12.2 Å². The molecule has 2 unspecified atom stereocenters. The normalized spacial score (nSPS) is 28.6. The third-order valence-electron chi connectivity index (χ3n) is 4.71. The fourth-order valence-electron chi connectivity index (χ4n) is 3.32. The van der Waals surface area contributed by atoms with Crippen LogP contribution in [-0.2, 0) is 9.59 Å². The second kappa shape index (κ2) is 7.07. The lowest BCUT2D eigenvalue weighted by Gasteiger charge is -2.29. The molecule has 0 aliphatic heterocycles. The molecular formula is C16H25NO4. The number of aliphatic carboxylic acids is 1. The second-order valence-electron chi connectivity index (χ2n) is 6.35. The SMILES string of the molecule is O=C(O)C1CC=CCC1C(=O)NCC1(O)CCCCCC1. The molecular weight excluding hydrogens is 270 g/mol. The molecule has 0 bridgehead atoms. The number of carbonyl (C=O) groups excluding carboxylic acids is 1. The van der Waals surface area contributed by atoms with Gasteiger partial charge in [-0.2, -0.15) is 0 Å². The van der Waals surface area contributed by atoms with Crippen molar-refractivity contribution in [3.8, 4) is 0 Å². The Bertz CT molecular complexity index is 411. The summed E-state index contributed by atoms with van der Waals surface area (Å²) >= 11 is 0. The van der Waals surface area contributed by atoms with Crippen LogP contribution in [0.3, 0.4) is 0 Å². The number of hydrogen-bond donors (Lipinski definition) is 3. The summed E-state index contributed by atoms with van der Waals surface area (Å²) in [6, 6.07) is 0. The van der Waals surface area contributed by atoms with Crippen molar-refractivity contribution in [2.75, 3.05) is 6.54 Å². The van der Waals surface area contributed by atoms with Gasteiger partial charge in [-0.15, -0.1) is 0 Å². The van der Waals surface area contributed by atoms with Crippen LogP contribution in [0.5, 0.6) is 0 Å². The predicted octanol–water partition coefficient (Wildman–Crippen LogP) is 1.85. The van der Waals surface area contributed by atoms with Crippen LogP contribution < -0.4 is 5.32 Å². The number of hydrogen-bond acceptors (Lipinski definition) is 3. The van der Waals surface area contributed by atoms with Gasteiger partial charge in [-0.05, 0) is 25.7 Å². The van der Waals surface area contributed by atoms with Gasteiger partial charge in [0, 0.05) is 6.54 Å². The lowest BCUT2D eigenvalue weighted by molar-refractivity contribution is -0.147. The van der Waals surface area contributed by atoms with E-state index >= 15 is 0 Å². The summed E-state index contributed by atoms with van der Waals surface area (Å²) < 4.78 is 0. The number of allylic oxidation sites excluding steroid dienone is 2. The maximum atomic E-state index is 12.3. The number of amides is 1. The monoisotopic (exact) mass is 295 g/mol. The molecule has 0 radical (unpaired) electrons. The molecule has 5 nitrogen and oxygen atoms in total. The maximum absolute atomic E-state index is 12.3. The first kappa shape index (κ1) is 16.0. The van der Waals surface area contributed by atoms with Crippen LogP contribution in [-0.4, -0.2) is 34.2 Å². The minimum absolute atomic E-state index is 0.235. The van der Waals surface area contributed by atoms with Gasteiger partial charge in [0.25, 0.3) is 0 Å². The number of carboxylic acid groups (broad SMARTS) is 1. The van der Waals surface area contributed by atoms with Crippen molar-refractivity contribution in [1.29, 1.82) is 0 Å². The van der Waals surface area contributed by atoms with Gasteiger partial charge in [0.15, 0.2) is 0 Å². The Hall–Kier alpha value is -1.36. The third-order valence-corrected chi connectivity index (χ3v) is 4.71. The molecule has 1 fully saturated rings. The van der Waals surface area contributed by atoms with Crippen LogP contribution in [0.1, 0.15) is 51.4 Å². The predicted molar refractivity (Wildman–Crippen MR) is 78.7 cm³/mol. The summed E-state index contributed by atoms with van der Waals surface area (Å²) in [7, 11) is 0. The van der Waals surface area contributed by atoms with Gasteiger partial charge in [0.1, 0.15) is 0 Å². The van der Waals surface area contributed by atoms with Gasteiger partial charge >= 0.3 is 5.97 Å². The summed E-state index contributed by atoms with van der Waals surface area (Å²) in [5, 5.41) is 22.5. The number of aliphatic hydroxyl groups is 1. The average Bonchev–Trinajstić information content (AvgIpc) is 2.70. The highest BCUT2D eigenvalue weighted by Crippen LogP contribution is 2.28. The molecule has 21 heavy (non-hydrogen) atoms. The van der Waals surface area contributed by atoms with Crippen molar-refractivity contribution >= 4 is 11.9 Å². The molecule has 0 heterocycles. The molecule has 1 amide bonds. The van der Waals surface area contributed by atoms with Gasteiger partial charge < -0.3 is 15.5 Å². The highest BCUT2D eigenvalue weighted by Gasteiger charge is 2.35. The maximum Gasteiger partial charge on any atom is 0.307 e. The first-order chi connectivity index (χ1) is 10.0. The number of nitrogens with one attached hydrogen (secondary N) is 1. The quantitative estimate of drug-likeness (QED) is 0.546. The standard InChI is InChI=1S/C16H25NO4/c18-14(12-7-3-4-8-13(12)15(19)20)17-11-16(21)9-5-1-2-6-10-16/h3-4,12-13,21H,1-2,5-11H2,(H,17,18)(H,19,20). The highest BCUT2D eigenvalue weighted by atomic mass is 16.4. The fraction of sp³-hybridized carbons (Fsp3) is 0.750. The Kier molecular flexibility index (Phi) is 5.39. The Morgan fingerprint density at radius 1 is 1.05 bits per heavy atom. The van der Waals surface area contributed by atoms with Gasteiger partial charge in [0.05, 0.1) is 17.4 Å². The minimum Gasteiger partial charge on any atom is -0.481 e. The van der Waals surface area contributed by atoms with E-state index in [4.69, 9.17) is 0 Å². The van der Waals surface area contributed by atoms with E-state index in [0.717, 1.165) is 25.7 Å². The van der Waals surface area contributed by atoms with Crippen molar-refractivity contribution in [1.82, 2.24) is 5.32 Å². The number of carbonyl (C=O) groups is 2. The van der Waals surface area contributed by atoms with E-state index in [9.17, 15) is 19.8 Å². The summed E-state index contributed by atoms with van der Waals surface area (Å²) in [6.45, 7) is 0.235. The molecule has 0 saturated heterocycles. The van der Waals surface area contributed by atoms with E-state index in [1.54, 1.807) is 0 Å². The van der Waals surface area contributed by atoms with Crippen molar-refractivity contribution in [2.24, 2.45) is 11.8 Å². The molecule has 0 aromatic carbocycles. The van der Waals surface area contributed by atoms with Crippen molar-refractivity contribution in [3.05, 3.63) is 12.2 Å². The highest BCUT2D eigenvalue weighted by molar-refractivity contribution is 5.85. The lowest BCUT2D eigenvalue weighted by Crippen LogP contribution is -2.46.